The highest BCUT2D eigenvalue weighted by molar-refractivity contribution is 5.85. The fraction of sp³-hybridized carbons (Fsp3) is 0.474. The first-order valence-corrected chi connectivity index (χ1v) is 8.77. The molecule has 1 saturated carbocycles. The summed E-state index contributed by atoms with van der Waals surface area (Å²) < 4.78 is 1.98. The first kappa shape index (κ1) is 20.7. The number of hydrogen-bond donors (Lipinski definition) is 2. The number of halogens is 2. The predicted octanol–water partition coefficient (Wildman–Crippen LogP) is 3.28. The number of aromatic nitrogens is 2. The van der Waals surface area contributed by atoms with Crippen molar-refractivity contribution in [1.82, 2.24) is 20.2 Å². The molecule has 1 aliphatic heterocycles. The SMILES string of the molecule is CC(NC(=O)C1CC12CCNCC2)c1cccc(-n2ccnc2)c1.Cl.Cl. The van der Waals surface area contributed by atoms with Gasteiger partial charge in [0.25, 0.3) is 0 Å². The van der Waals surface area contributed by atoms with Crippen LogP contribution in [0.15, 0.2) is 43.0 Å². The molecular formula is C19H26Cl2N4O. The molecule has 1 aromatic carbocycles. The van der Waals surface area contributed by atoms with Crippen LogP contribution in [-0.2, 0) is 4.79 Å². The van der Waals surface area contributed by atoms with Gasteiger partial charge in [-0.1, -0.05) is 12.1 Å². The maximum atomic E-state index is 12.6. The molecule has 142 valence electrons. The number of imidazole rings is 1. The van der Waals surface area contributed by atoms with Crippen molar-refractivity contribution in [3.8, 4) is 5.69 Å². The Labute approximate surface area is 166 Å². The second-order valence-corrected chi connectivity index (χ2v) is 7.16. The van der Waals surface area contributed by atoms with Gasteiger partial charge in [0.15, 0.2) is 0 Å². The van der Waals surface area contributed by atoms with E-state index < -0.39 is 0 Å². The zero-order valence-corrected chi connectivity index (χ0v) is 16.5. The largest absolute Gasteiger partial charge is 0.349 e. The Morgan fingerprint density at radius 2 is 2.12 bits per heavy atom. The highest BCUT2D eigenvalue weighted by Crippen LogP contribution is 2.58. The molecule has 5 nitrogen and oxygen atoms in total. The number of rotatable bonds is 4. The Kier molecular flexibility index (Phi) is 6.72. The van der Waals surface area contributed by atoms with E-state index >= 15 is 0 Å². The van der Waals surface area contributed by atoms with Crippen molar-refractivity contribution < 1.29 is 4.79 Å². The Balaban J connectivity index is 0.00000121. The number of amides is 1. The predicted molar refractivity (Wildman–Crippen MR) is 107 cm³/mol. The van der Waals surface area contributed by atoms with Crippen LogP contribution < -0.4 is 10.6 Å². The van der Waals surface area contributed by atoms with E-state index in [-0.39, 0.29) is 48.1 Å². The minimum Gasteiger partial charge on any atom is -0.349 e. The molecule has 1 aliphatic carbocycles. The van der Waals surface area contributed by atoms with Crippen molar-refractivity contribution in [3.05, 3.63) is 48.5 Å². The van der Waals surface area contributed by atoms with Gasteiger partial charge in [-0.25, -0.2) is 4.98 Å². The average Bonchev–Trinajstić information content (AvgIpc) is 3.05. The molecule has 26 heavy (non-hydrogen) atoms. The zero-order valence-electron chi connectivity index (χ0n) is 14.9. The van der Waals surface area contributed by atoms with Crippen LogP contribution in [0.1, 0.15) is 37.8 Å². The van der Waals surface area contributed by atoms with Gasteiger partial charge in [0.1, 0.15) is 0 Å². The molecule has 2 atom stereocenters. The molecular weight excluding hydrogens is 371 g/mol. The second-order valence-electron chi connectivity index (χ2n) is 7.16. The van der Waals surface area contributed by atoms with Gasteiger partial charge in [0.05, 0.1) is 12.4 Å². The van der Waals surface area contributed by atoms with Crippen LogP contribution in [0.4, 0.5) is 0 Å². The lowest BCUT2D eigenvalue weighted by molar-refractivity contribution is -0.123. The molecule has 0 bridgehead atoms. The first-order chi connectivity index (χ1) is 11.7. The monoisotopic (exact) mass is 396 g/mol. The van der Waals surface area contributed by atoms with Gasteiger partial charge in [-0.05, 0) is 62.4 Å². The van der Waals surface area contributed by atoms with Crippen LogP contribution in [0.2, 0.25) is 0 Å². The molecule has 1 aromatic heterocycles. The van der Waals surface area contributed by atoms with E-state index in [0.29, 0.717) is 0 Å². The molecule has 1 saturated heterocycles. The molecule has 1 amide bonds. The van der Waals surface area contributed by atoms with Crippen molar-refractivity contribution in [2.75, 3.05) is 13.1 Å². The summed E-state index contributed by atoms with van der Waals surface area (Å²) in [5, 5.41) is 6.60. The number of carbonyl (C=O) groups is 1. The summed E-state index contributed by atoms with van der Waals surface area (Å²) >= 11 is 0. The first-order valence-electron chi connectivity index (χ1n) is 8.77. The number of piperidine rings is 1. The van der Waals surface area contributed by atoms with Crippen LogP contribution in [-0.4, -0.2) is 28.5 Å². The molecule has 2 aromatic rings. The topological polar surface area (TPSA) is 59.0 Å². The summed E-state index contributed by atoms with van der Waals surface area (Å²) in [5.74, 6) is 0.427. The molecule has 4 rings (SSSR count). The van der Waals surface area contributed by atoms with Gasteiger partial charge in [-0.15, -0.1) is 24.8 Å². The van der Waals surface area contributed by atoms with E-state index in [0.717, 1.165) is 43.6 Å². The Morgan fingerprint density at radius 3 is 2.81 bits per heavy atom. The summed E-state index contributed by atoms with van der Waals surface area (Å²) in [4.78, 5) is 16.7. The molecule has 2 aliphatic rings. The van der Waals surface area contributed by atoms with Gasteiger partial charge < -0.3 is 15.2 Å². The van der Waals surface area contributed by atoms with Gasteiger partial charge >= 0.3 is 0 Å². The minimum atomic E-state index is 0. The number of nitrogens with one attached hydrogen (secondary N) is 2. The van der Waals surface area contributed by atoms with E-state index in [4.69, 9.17) is 0 Å². The number of carbonyl (C=O) groups excluding carboxylic acids is 1. The van der Waals surface area contributed by atoms with Crippen LogP contribution in [0, 0.1) is 11.3 Å². The van der Waals surface area contributed by atoms with E-state index in [1.54, 1.807) is 12.5 Å². The average molecular weight is 397 g/mol. The van der Waals surface area contributed by atoms with Crippen molar-refractivity contribution in [2.45, 2.75) is 32.2 Å². The van der Waals surface area contributed by atoms with Crippen molar-refractivity contribution in [3.63, 3.8) is 0 Å². The van der Waals surface area contributed by atoms with Crippen LogP contribution in [0.5, 0.6) is 0 Å². The molecule has 2 N–H and O–H groups in total. The second kappa shape index (κ2) is 8.42. The van der Waals surface area contributed by atoms with E-state index in [9.17, 15) is 4.79 Å². The minimum absolute atomic E-state index is 0. The van der Waals surface area contributed by atoms with Gasteiger partial charge in [0.2, 0.25) is 5.91 Å². The maximum Gasteiger partial charge on any atom is 0.224 e. The summed E-state index contributed by atoms with van der Waals surface area (Å²) in [5.41, 5.74) is 2.47. The molecule has 0 radical (unpaired) electrons. The third-order valence-electron chi connectivity index (χ3n) is 5.64. The van der Waals surface area contributed by atoms with Gasteiger partial charge in [-0.3, -0.25) is 4.79 Å². The standard InChI is InChI=1S/C19H24N4O.2ClH/c1-14(15-3-2-4-16(11-15)23-10-9-21-13-23)22-18(24)17-12-19(17)5-7-20-8-6-19;;/h2-4,9-11,13-14,17,20H,5-8,12H2,1H3,(H,22,24);2*1H. The normalized spacial score (nSPS) is 21.2. The lowest BCUT2D eigenvalue weighted by Gasteiger charge is -2.24. The third-order valence-corrected chi connectivity index (χ3v) is 5.64. The van der Waals surface area contributed by atoms with Crippen LogP contribution in [0.3, 0.4) is 0 Å². The smallest absolute Gasteiger partial charge is 0.224 e. The van der Waals surface area contributed by atoms with Gasteiger partial charge in [-0.2, -0.15) is 0 Å². The molecule has 2 fully saturated rings. The highest BCUT2D eigenvalue weighted by Gasteiger charge is 2.57. The number of nitrogens with zero attached hydrogens (tertiary/aromatic N) is 2. The fourth-order valence-electron chi connectivity index (χ4n) is 3.96. The quantitative estimate of drug-likeness (QED) is 0.833. The molecule has 1 spiro atoms. The van der Waals surface area contributed by atoms with Crippen LogP contribution >= 0.6 is 24.8 Å². The Bertz CT molecular complexity index is 729. The maximum absolute atomic E-state index is 12.6. The van der Waals surface area contributed by atoms with E-state index in [2.05, 4.69) is 34.7 Å². The third kappa shape index (κ3) is 4.05. The Hall–Kier alpha value is -1.56. The van der Waals surface area contributed by atoms with Gasteiger partial charge in [0, 0.05) is 24.0 Å². The number of benzene rings is 1. The fourth-order valence-corrected chi connectivity index (χ4v) is 3.96. The van der Waals surface area contributed by atoms with Crippen molar-refractivity contribution in [2.24, 2.45) is 11.3 Å². The number of hydrogen-bond acceptors (Lipinski definition) is 3. The van der Waals surface area contributed by atoms with Crippen LogP contribution in [0.25, 0.3) is 5.69 Å². The highest BCUT2D eigenvalue weighted by atomic mass is 35.5. The summed E-state index contributed by atoms with van der Waals surface area (Å²) in [7, 11) is 0. The molecule has 2 heterocycles. The summed E-state index contributed by atoms with van der Waals surface area (Å²) in [6, 6.07) is 8.27. The van der Waals surface area contributed by atoms with Crippen molar-refractivity contribution in [1.29, 1.82) is 0 Å². The molecule has 7 heteroatoms. The lowest BCUT2D eigenvalue weighted by Crippen LogP contribution is -2.34. The summed E-state index contributed by atoms with van der Waals surface area (Å²) in [6.45, 7) is 4.15. The molecule has 2 unspecified atom stereocenters. The Morgan fingerprint density at radius 1 is 1.35 bits per heavy atom. The van der Waals surface area contributed by atoms with E-state index in [1.807, 2.05) is 22.9 Å². The van der Waals surface area contributed by atoms with Crippen molar-refractivity contribution >= 4 is 30.7 Å². The van der Waals surface area contributed by atoms with E-state index in [1.165, 1.54) is 0 Å². The zero-order chi connectivity index (χ0) is 16.6. The lowest BCUT2D eigenvalue weighted by atomic mass is 9.91. The summed E-state index contributed by atoms with van der Waals surface area (Å²) in [6.07, 6.45) is 8.80.